The van der Waals surface area contributed by atoms with Gasteiger partial charge in [0.15, 0.2) is 0 Å². The van der Waals surface area contributed by atoms with E-state index >= 15 is 0 Å². The van der Waals surface area contributed by atoms with Crippen molar-refractivity contribution in [3.63, 3.8) is 0 Å². The molecule has 0 spiro atoms. The van der Waals surface area contributed by atoms with Crippen LogP contribution in [0.2, 0.25) is 0 Å². The molecule has 0 bridgehead atoms. The molecule has 17 heteroatoms. The van der Waals surface area contributed by atoms with Crippen molar-refractivity contribution in [2.45, 2.75) is 67.8 Å². The SMILES string of the molecule is C#Cc1ccc(S(=O)(=O)NC(=O)[C@@]2(NC(=O)[C@@H]3C[C@@H](Oc4cc(-c5ccccc5)nc5cc(OC)ccc45)CN3C(=O)[C@H](CNC(=O)C=C)NC(=O)OC(C)(C)C)C[C@H]2C=C)cc1. The van der Waals surface area contributed by atoms with Gasteiger partial charge in [-0.2, -0.15) is 0 Å². The van der Waals surface area contributed by atoms with Crippen molar-refractivity contribution >= 4 is 50.6 Å². The highest BCUT2D eigenvalue weighted by atomic mass is 32.2. The standard InChI is InChI=1S/C46H48N6O10S/c1-8-28-16-19-33(20-17-28)63(58,59)51-43(56)46(25-30(46)9-2)50-41(54)38-23-32(27-52(38)42(55)37(26-47-40(53)10-3)49-44(57)62-45(4,5)6)61-39-24-35(29-14-12-11-13-15-29)48-36-22-31(60-7)18-21-34(36)39/h1,9-22,24,30,32,37-38H,2-3,23,25-27H2,4-7H3,(H,47,53)(H,49,57)(H,50,54)(H,51,56)/t30-,32-,37+,38+,46-/m1/s1. The quantitative estimate of drug-likeness (QED) is 0.0762. The number of ether oxygens (including phenoxy) is 3. The first kappa shape index (κ1) is 45.3. The van der Waals surface area contributed by atoms with Crippen LogP contribution in [0, 0.1) is 18.3 Å². The molecule has 3 aromatic carbocycles. The maximum absolute atomic E-state index is 14.6. The van der Waals surface area contributed by atoms with Gasteiger partial charge in [-0.25, -0.2) is 22.9 Å². The number of sulfonamides is 1. The third kappa shape index (κ3) is 10.5. The van der Waals surface area contributed by atoms with E-state index in [1.54, 1.807) is 45.0 Å². The maximum Gasteiger partial charge on any atom is 0.408 e. The van der Waals surface area contributed by atoms with E-state index < -0.39 is 81.5 Å². The second kappa shape index (κ2) is 18.4. The fourth-order valence-corrected chi connectivity index (χ4v) is 8.21. The Labute approximate surface area is 365 Å². The van der Waals surface area contributed by atoms with Crippen LogP contribution >= 0.6 is 0 Å². The number of fused-ring (bicyclic) bond motifs is 1. The van der Waals surface area contributed by atoms with Gasteiger partial charge in [0.1, 0.15) is 40.8 Å². The third-order valence-electron chi connectivity index (χ3n) is 10.5. The van der Waals surface area contributed by atoms with Gasteiger partial charge in [0.25, 0.3) is 15.9 Å². The number of pyridine rings is 1. The van der Waals surface area contributed by atoms with E-state index in [2.05, 4.69) is 39.8 Å². The molecule has 6 rings (SSSR count). The van der Waals surface area contributed by atoms with Crippen LogP contribution in [0.4, 0.5) is 4.79 Å². The number of likely N-dealkylation sites (tertiary alicyclic amines) is 1. The zero-order chi connectivity index (χ0) is 45.7. The second-order valence-electron chi connectivity index (χ2n) is 16.0. The third-order valence-corrected chi connectivity index (χ3v) is 11.8. The Bertz CT molecular complexity index is 2610. The van der Waals surface area contributed by atoms with Gasteiger partial charge in [0.05, 0.1) is 29.8 Å². The van der Waals surface area contributed by atoms with Crippen molar-refractivity contribution in [2.24, 2.45) is 5.92 Å². The number of nitrogens with zero attached hydrogens (tertiary/aromatic N) is 2. The highest BCUT2D eigenvalue weighted by molar-refractivity contribution is 7.90. The summed E-state index contributed by atoms with van der Waals surface area (Å²) in [4.78, 5) is 74.3. The molecule has 5 amide bonds. The summed E-state index contributed by atoms with van der Waals surface area (Å²) in [6.07, 6.45) is 5.88. The van der Waals surface area contributed by atoms with E-state index in [-0.39, 0.29) is 24.3 Å². The number of benzene rings is 3. The second-order valence-corrected chi connectivity index (χ2v) is 17.7. The average molecular weight is 877 g/mol. The van der Waals surface area contributed by atoms with Crippen molar-refractivity contribution in [1.82, 2.24) is 30.6 Å². The van der Waals surface area contributed by atoms with Crippen LogP contribution < -0.4 is 30.1 Å². The molecule has 4 N–H and O–H groups in total. The number of terminal acetylenes is 1. The highest BCUT2D eigenvalue weighted by Gasteiger charge is 2.61. The van der Waals surface area contributed by atoms with Gasteiger partial charge in [-0.3, -0.25) is 19.2 Å². The zero-order valence-electron chi connectivity index (χ0n) is 35.2. The van der Waals surface area contributed by atoms with Crippen LogP contribution in [0.5, 0.6) is 11.5 Å². The molecule has 1 saturated heterocycles. The number of alkyl carbamates (subject to hydrolysis) is 1. The molecule has 16 nitrogen and oxygen atoms in total. The predicted octanol–water partition coefficient (Wildman–Crippen LogP) is 4.00. The van der Waals surface area contributed by atoms with Crippen molar-refractivity contribution in [2.75, 3.05) is 20.2 Å². The zero-order valence-corrected chi connectivity index (χ0v) is 36.0. The summed E-state index contributed by atoms with van der Waals surface area (Å²) in [7, 11) is -2.89. The first-order valence-electron chi connectivity index (χ1n) is 19.9. The summed E-state index contributed by atoms with van der Waals surface area (Å²) in [6.45, 7) is 11.5. The van der Waals surface area contributed by atoms with Crippen LogP contribution in [-0.2, 0) is 33.9 Å². The Morgan fingerprint density at radius 2 is 1.75 bits per heavy atom. The summed E-state index contributed by atoms with van der Waals surface area (Å²) in [6, 6.07) is 18.9. The number of carbonyl (C=O) groups is 5. The normalized spacial score (nSPS) is 19.7. The van der Waals surface area contributed by atoms with Crippen molar-refractivity contribution < 1.29 is 46.6 Å². The average Bonchev–Trinajstić information content (AvgIpc) is 3.82. The molecule has 2 aliphatic rings. The lowest BCUT2D eigenvalue weighted by Gasteiger charge is -2.30. The molecule has 4 aromatic rings. The predicted molar refractivity (Wildman–Crippen MR) is 234 cm³/mol. The molecular weight excluding hydrogens is 829 g/mol. The fourth-order valence-electron chi connectivity index (χ4n) is 7.18. The van der Waals surface area contributed by atoms with Crippen LogP contribution in [0.15, 0.2) is 109 Å². The van der Waals surface area contributed by atoms with E-state index in [0.29, 0.717) is 33.7 Å². The molecule has 2 fully saturated rings. The number of hydrogen-bond donors (Lipinski definition) is 4. The van der Waals surface area contributed by atoms with Crippen molar-refractivity contribution in [3.8, 4) is 35.1 Å². The Morgan fingerprint density at radius 1 is 1.03 bits per heavy atom. The first-order valence-corrected chi connectivity index (χ1v) is 21.4. The van der Waals surface area contributed by atoms with Crippen LogP contribution in [0.3, 0.4) is 0 Å². The number of methoxy groups -OCH3 is 1. The van der Waals surface area contributed by atoms with Crippen LogP contribution in [-0.4, -0.2) is 97.6 Å². The van der Waals surface area contributed by atoms with Gasteiger partial charge >= 0.3 is 6.09 Å². The fraction of sp³-hybridized carbons (Fsp3) is 0.304. The van der Waals surface area contributed by atoms with Gasteiger partial charge in [0, 0.05) is 47.5 Å². The van der Waals surface area contributed by atoms with Gasteiger partial charge < -0.3 is 35.1 Å². The van der Waals surface area contributed by atoms with E-state index in [1.165, 1.54) is 42.4 Å². The summed E-state index contributed by atoms with van der Waals surface area (Å²) in [5, 5.41) is 8.36. The van der Waals surface area contributed by atoms with E-state index in [0.717, 1.165) is 11.6 Å². The molecule has 0 unspecified atom stereocenters. The molecule has 1 aliphatic heterocycles. The molecular formula is C46H48N6O10S. The summed E-state index contributed by atoms with van der Waals surface area (Å²) in [5.41, 5.74) is -0.366. The van der Waals surface area contributed by atoms with Gasteiger partial charge in [-0.05, 0) is 69.7 Å². The lowest BCUT2D eigenvalue weighted by atomic mass is 10.1. The maximum atomic E-state index is 14.6. The number of rotatable bonds is 15. The topological polar surface area (TPSA) is 211 Å². The number of nitrogens with one attached hydrogen (secondary N) is 4. The Morgan fingerprint density at radius 3 is 2.37 bits per heavy atom. The number of amides is 5. The minimum absolute atomic E-state index is 0.00532. The summed E-state index contributed by atoms with van der Waals surface area (Å²) in [5.74, 6) is -0.605. The van der Waals surface area contributed by atoms with Gasteiger partial charge in [0.2, 0.25) is 17.7 Å². The largest absolute Gasteiger partial charge is 0.497 e. The Balaban J connectivity index is 1.35. The lowest BCUT2D eigenvalue weighted by molar-refractivity contribution is -0.141. The number of hydrogen-bond acceptors (Lipinski definition) is 11. The number of carbonyl (C=O) groups excluding carboxylic acids is 5. The van der Waals surface area contributed by atoms with E-state index in [1.807, 2.05) is 30.3 Å². The van der Waals surface area contributed by atoms with Gasteiger partial charge in [-0.15, -0.1) is 13.0 Å². The molecule has 63 heavy (non-hydrogen) atoms. The highest BCUT2D eigenvalue weighted by Crippen LogP contribution is 2.45. The van der Waals surface area contributed by atoms with E-state index in [9.17, 15) is 32.4 Å². The smallest absolute Gasteiger partial charge is 0.408 e. The Hall–Kier alpha value is -7.19. The lowest BCUT2D eigenvalue weighted by Crippen LogP contribution is -2.59. The molecule has 328 valence electrons. The van der Waals surface area contributed by atoms with Crippen molar-refractivity contribution in [1.29, 1.82) is 0 Å². The Kier molecular flexibility index (Phi) is 13.3. The van der Waals surface area contributed by atoms with Gasteiger partial charge in [-0.1, -0.05) is 48.9 Å². The molecule has 1 aromatic heterocycles. The molecule has 5 atom stereocenters. The summed E-state index contributed by atoms with van der Waals surface area (Å²) >= 11 is 0. The minimum atomic E-state index is -4.42. The number of aromatic nitrogens is 1. The van der Waals surface area contributed by atoms with Crippen LogP contribution in [0.1, 0.15) is 39.2 Å². The van der Waals surface area contributed by atoms with E-state index in [4.69, 9.17) is 25.6 Å². The molecule has 1 saturated carbocycles. The monoisotopic (exact) mass is 876 g/mol. The molecule has 0 radical (unpaired) electrons. The minimum Gasteiger partial charge on any atom is -0.497 e. The summed E-state index contributed by atoms with van der Waals surface area (Å²) < 4.78 is 46.3. The van der Waals surface area contributed by atoms with Crippen LogP contribution in [0.25, 0.3) is 22.2 Å². The first-order chi connectivity index (χ1) is 29.9. The van der Waals surface area contributed by atoms with Crippen molar-refractivity contribution in [3.05, 3.63) is 110 Å². The molecule has 1 aliphatic carbocycles. The molecule has 2 heterocycles.